The predicted octanol–water partition coefficient (Wildman–Crippen LogP) is 3.35. The minimum absolute atomic E-state index is 0.0651. The monoisotopic (exact) mass is 443 g/mol. The van der Waals surface area contributed by atoms with Gasteiger partial charge in [-0.05, 0) is 48.7 Å². The first-order valence-electron chi connectivity index (χ1n) is 9.12. The summed E-state index contributed by atoms with van der Waals surface area (Å²) in [7, 11) is -3.60. The molecular formula is C19H23Cl2N3O3S. The summed E-state index contributed by atoms with van der Waals surface area (Å²) in [6.45, 7) is 1.93. The molecule has 1 unspecified atom stereocenters. The molecule has 152 valence electrons. The third kappa shape index (κ3) is 4.96. The zero-order valence-corrected chi connectivity index (χ0v) is 17.7. The Balaban J connectivity index is 1.75. The van der Waals surface area contributed by atoms with Crippen LogP contribution >= 0.6 is 23.2 Å². The van der Waals surface area contributed by atoms with Gasteiger partial charge in [-0.1, -0.05) is 23.2 Å². The number of benzene rings is 1. The number of hydrogen-bond acceptors (Lipinski definition) is 5. The van der Waals surface area contributed by atoms with Crippen molar-refractivity contribution >= 4 is 38.9 Å². The highest BCUT2D eigenvalue weighted by atomic mass is 35.5. The number of nitrogens with zero attached hydrogens (tertiary/aromatic N) is 3. The Morgan fingerprint density at radius 2 is 1.71 bits per heavy atom. The van der Waals surface area contributed by atoms with E-state index in [0.29, 0.717) is 54.6 Å². The number of anilines is 1. The number of halogens is 2. The summed E-state index contributed by atoms with van der Waals surface area (Å²) in [4.78, 5) is 6.18. The number of piperazine rings is 1. The van der Waals surface area contributed by atoms with E-state index in [4.69, 9.17) is 23.2 Å². The van der Waals surface area contributed by atoms with Crippen LogP contribution in [-0.2, 0) is 10.0 Å². The molecule has 3 rings (SSSR count). The van der Waals surface area contributed by atoms with Crippen LogP contribution in [0, 0.1) is 0 Å². The Labute approximate surface area is 175 Å². The minimum atomic E-state index is -3.60. The predicted molar refractivity (Wildman–Crippen MR) is 112 cm³/mol. The third-order valence-corrected chi connectivity index (χ3v) is 7.64. The lowest BCUT2D eigenvalue weighted by molar-refractivity contribution is 0.282. The van der Waals surface area contributed by atoms with E-state index in [1.54, 1.807) is 6.07 Å². The molecule has 1 saturated heterocycles. The molecule has 1 aromatic carbocycles. The maximum absolute atomic E-state index is 13.3. The van der Waals surface area contributed by atoms with Gasteiger partial charge < -0.3 is 10.0 Å². The molecule has 2 heterocycles. The van der Waals surface area contributed by atoms with Crippen LogP contribution in [0.25, 0.3) is 0 Å². The molecule has 1 fully saturated rings. The molecule has 0 amide bonds. The van der Waals surface area contributed by atoms with Crippen molar-refractivity contribution in [2.45, 2.75) is 18.1 Å². The van der Waals surface area contributed by atoms with E-state index in [-0.39, 0.29) is 6.61 Å². The second-order valence-corrected chi connectivity index (χ2v) is 9.69. The lowest BCUT2D eigenvalue weighted by Crippen LogP contribution is -2.49. The van der Waals surface area contributed by atoms with Gasteiger partial charge in [-0.2, -0.15) is 4.31 Å². The Morgan fingerprint density at radius 1 is 1.04 bits per heavy atom. The van der Waals surface area contributed by atoms with Gasteiger partial charge in [0.15, 0.2) is 0 Å². The Hall–Kier alpha value is -1.38. The summed E-state index contributed by atoms with van der Waals surface area (Å²) in [6.07, 6.45) is 3.72. The topological polar surface area (TPSA) is 73.7 Å². The molecule has 2 aromatic rings. The summed E-state index contributed by atoms with van der Waals surface area (Å²) in [5, 5.41) is 9.51. The van der Waals surface area contributed by atoms with E-state index in [0.717, 1.165) is 5.69 Å². The van der Waals surface area contributed by atoms with E-state index in [1.807, 2.05) is 24.3 Å². The number of sulfonamides is 1. The Morgan fingerprint density at radius 3 is 2.32 bits per heavy atom. The van der Waals surface area contributed by atoms with Gasteiger partial charge in [-0.15, -0.1) is 0 Å². The van der Waals surface area contributed by atoms with Gasteiger partial charge >= 0.3 is 0 Å². The van der Waals surface area contributed by atoms with Crippen molar-refractivity contribution in [1.29, 1.82) is 0 Å². The molecule has 9 heteroatoms. The molecule has 0 bridgehead atoms. The first-order valence-corrected chi connectivity index (χ1v) is 11.4. The van der Waals surface area contributed by atoms with Crippen molar-refractivity contribution in [2.75, 3.05) is 37.7 Å². The Kier molecular flexibility index (Phi) is 7.17. The fourth-order valence-electron chi connectivity index (χ4n) is 3.40. The standard InChI is InChI=1S/C19H23Cl2N3O3S/c20-16-3-5-18(6-4-16)23-7-9-24(10-8-23)28(26,27)19(2-1-11-25)15-12-17(21)14-22-13-15/h3-6,12-14,19,25H,1-2,7-11H2. The smallest absolute Gasteiger partial charge is 0.221 e. The SMILES string of the molecule is O=S(=O)(C(CCCO)c1cncc(Cl)c1)N1CCN(c2ccc(Cl)cc2)CC1. The van der Waals surface area contributed by atoms with Crippen molar-refractivity contribution < 1.29 is 13.5 Å². The number of rotatable bonds is 7. The van der Waals surface area contributed by atoms with E-state index in [9.17, 15) is 13.5 Å². The molecule has 1 atom stereocenters. The quantitative estimate of drug-likeness (QED) is 0.709. The summed E-state index contributed by atoms with van der Waals surface area (Å²) in [6, 6.07) is 9.18. The third-order valence-electron chi connectivity index (χ3n) is 4.87. The summed E-state index contributed by atoms with van der Waals surface area (Å²) >= 11 is 12.0. The second-order valence-electron chi connectivity index (χ2n) is 6.70. The fourth-order valence-corrected chi connectivity index (χ4v) is 5.68. The minimum Gasteiger partial charge on any atom is -0.396 e. The number of aromatic nitrogens is 1. The first-order chi connectivity index (χ1) is 13.4. The normalized spacial score (nSPS) is 16.9. The molecule has 28 heavy (non-hydrogen) atoms. The van der Waals surface area contributed by atoms with Crippen molar-refractivity contribution in [2.24, 2.45) is 0 Å². The highest BCUT2D eigenvalue weighted by molar-refractivity contribution is 7.89. The highest BCUT2D eigenvalue weighted by Crippen LogP contribution is 2.32. The van der Waals surface area contributed by atoms with Crippen LogP contribution in [0.2, 0.25) is 10.0 Å². The van der Waals surface area contributed by atoms with E-state index < -0.39 is 15.3 Å². The summed E-state index contributed by atoms with van der Waals surface area (Å²) in [5.41, 5.74) is 1.58. The molecule has 0 aliphatic carbocycles. The molecular weight excluding hydrogens is 421 g/mol. The number of aliphatic hydroxyl groups excluding tert-OH is 1. The van der Waals surface area contributed by atoms with Crippen LogP contribution in [0.5, 0.6) is 0 Å². The second kappa shape index (κ2) is 9.41. The molecule has 1 aromatic heterocycles. The molecule has 6 nitrogen and oxygen atoms in total. The van der Waals surface area contributed by atoms with Crippen LogP contribution in [-0.4, -0.2) is 55.6 Å². The summed E-state index contributed by atoms with van der Waals surface area (Å²) in [5.74, 6) is 0. The maximum atomic E-state index is 13.3. The van der Waals surface area contributed by atoms with Crippen LogP contribution in [0.15, 0.2) is 42.7 Å². The largest absolute Gasteiger partial charge is 0.396 e. The fraction of sp³-hybridized carbons (Fsp3) is 0.421. The van der Waals surface area contributed by atoms with Gasteiger partial charge in [-0.25, -0.2) is 8.42 Å². The molecule has 0 radical (unpaired) electrons. The lowest BCUT2D eigenvalue weighted by Gasteiger charge is -2.37. The summed E-state index contributed by atoms with van der Waals surface area (Å²) < 4.78 is 28.2. The van der Waals surface area contributed by atoms with Gasteiger partial charge in [0, 0.05) is 55.9 Å². The highest BCUT2D eigenvalue weighted by Gasteiger charge is 2.35. The van der Waals surface area contributed by atoms with Gasteiger partial charge in [0.25, 0.3) is 0 Å². The van der Waals surface area contributed by atoms with Crippen molar-refractivity contribution in [3.63, 3.8) is 0 Å². The zero-order chi connectivity index (χ0) is 20.1. The van der Waals surface area contributed by atoms with Crippen molar-refractivity contribution in [3.8, 4) is 0 Å². The average molecular weight is 444 g/mol. The zero-order valence-electron chi connectivity index (χ0n) is 15.3. The van der Waals surface area contributed by atoms with Crippen LogP contribution in [0.1, 0.15) is 23.7 Å². The van der Waals surface area contributed by atoms with E-state index >= 15 is 0 Å². The van der Waals surface area contributed by atoms with Crippen LogP contribution in [0.4, 0.5) is 5.69 Å². The number of hydrogen-bond donors (Lipinski definition) is 1. The van der Waals surface area contributed by atoms with E-state index in [2.05, 4.69) is 9.88 Å². The van der Waals surface area contributed by atoms with Crippen molar-refractivity contribution in [1.82, 2.24) is 9.29 Å². The molecule has 0 saturated carbocycles. The molecule has 0 spiro atoms. The maximum Gasteiger partial charge on any atom is 0.221 e. The first kappa shape index (κ1) is 21.3. The van der Waals surface area contributed by atoms with Gasteiger partial charge in [0.2, 0.25) is 10.0 Å². The molecule has 1 aliphatic heterocycles. The van der Waals surface area contributed by atoms with Crippen molar-refractivity contribution in [3.05, 3.63) is 58.3 Å². The average Bonchev–Trinajstić information content (AvgIpc) is 2.69. The van der Waals surface area contributed by atoms with Gasteiger partial charge in [0.1, 0.15) is 5.25 Å². The number of pyridine rings is 1. The molecule has 1 aliphatic rings. The van der Waals surface area contributed by atoms with Crippen LogP contribution < -0.4 is 4.90 Å². The lowest BCUT2D eigenvalue weighted by atomic mass is 10.1. The number of aliphatic hydroxyl groups is 1. The molecule has 1 N–H and O–H groups in total. The van der Waals surface area contributed by atoms with Gasteiger partial charge in [0.05, 0.1) is 5.02 Å². The van der Waals surface area contributed by atoms with E-state index in [1.165, 1.54) is 16.7 Å². The Bertz CT molecular complexity index is 886. The van der Waals surface area contributed by atoms with Gasteiger partial charge in [-0.3, -0.25) is 4.98 Å². The van der Waals surface area contributed by atoms with Crippen LogP contribution in [0.3, 0.4) is 0 Å².